The number of hydrogen-bond acceptors (Lipinski definition) is 3. The predicted octanol–water partition coefficient (Wildman–Crippen LogP) is 1.18. The second-order valence-corrected chi connectivity index (χ2v) is 1.77. The monoisotopic (exact) mass is 177 g/mol. The van der Waals surface area contributed by atoms with Crippen molar-refractivity contribution in [3.63, 3.8) is 0 Å². The van der Waals surface area contributed by atoms with Crippen molar-refractivity contribution in [1.29, 1.82) is 5.26 Å². The van der Waals surface area contributed by atoms with E-state index in [4.69, 9.17) is 5.26 Å². The molecule has 1 N–H and O–H groups in total. The maximum Gasteiger partial charge on any atom is 0.573 e. The quantitative estimate of drug-likeness (QED) is 0.700. The van der Waals surface area contributed by atoms with Gasteiger partial charge in [-0.1, -0.05) is 0 Å². The number of H-pyrrole nitrogens is 1. The number of halogens is 3. The van der Waals surface area contributed by atoms with E-state index in [0.29, 0.717) is 0 Å². The van der Waals surface area contributed by atoms with Gasteiger partial charge in [0.25, 0.3) is 0 Å². The number of nitrogens with zero attached hydrogens (tertiary/aromatic N) is 2. The molecule has 0 aliphatic rings. The van der Waals surface area contributed by atoms with Gasteiger partial charge in [-0.3, -0.25) is 5.10 Å². The lowest BCUT2D eigenvalue weighted by Crippen LogP contribution is -2.17. The van der Waals surface area contributed by atoms with E-state index in [-0.39, 0.29) is 5.69 Å². The van der Waals surface area contributed by atoms with Gasteiger partial charge < -0.3 is 4.74 Å². The van der Waals surface area contributed by atoms with E-state index in [9.17, 15) is 13.2 Å². The number of nitriles is 1. The van der Waals surface area contributed by atoms with Gasteiger partial charge in [0.2, 0.25) is 0 Å². The summed E-state index contributed by atoms with van der Waals surface area (Å²) in [6, 6.07) is 1.46. The second kappa shape index (κ2) is 2.73. The molecule has 0 saturated carbocycles. The lowest BCUT2D eigenvalue weighted by molar-refractivity contribution is -0.274. The van der Waals surface area contributed by atoms with Crippen LogP contribution in [0.3, 0.4) is 0 Å². The van der Waals surface area contributed by atoms with E-state index in [2.05, 4.69) is 9.84 Å². The van der Waals surface area contributed by atoms with E-state index in [1.807, 2.05) is 5.10 Å². The molecule has 7 heteroatoms. The predicted molar refractivity (Wildman–Crippen MR) is 30.0 cm³/mol. The zero-order valence-corrected chi connectivity index (χ0v) is 5.51. The smallest absolute Gasteiger partial charge is 0.401 e. The average molecular weight is 177 g/mol. The van der Waals surface area contributed by atoms with Crippen LogP contribution >= 0.6 is 0 Å². The second-order valence-electron chi connectivity index (χ2n) is 1.77. The zero-order valence-electron chi connectivity index (χ0n) is 5.51. The molecule has 0 atom stereocenters. The Hall–Kier alpha value is -1.71. The Morgan fingerprint density at radius 2 is 2.25 bits per heavy atom. The standard InChI is InChI=1S/C5H2F3N3O/c6-5(7,8)12-4-2-10-11-3(4)1-9/h2H,(H,10,11). The van der Waals surface area contributed by atoms with Gasteiger partial charge >= 0.3 is 6.36 Å². The van der Waals surface area contributed by atoms with Gasteiger partial charge in [-0.25, -0.2) is 0 Å². The topological polar surface area (TPSA) is 61.7 Å². The van der Waals surface area contributed by atoms with E-state index in [1.165, 1.54) is 6.07 Å². The molecule has 1 aromatic rings. The third kappa shape index (κ3) is 1.88. The van der Waals surface area contributed by atoms with Crippen LogP contribution < -0.4 is 4.74 Å². The van der Waals surface area contributed by atoms with Crippen LogP contribution in [0.1, 0.15) is 5.69 Å². The molecule has 1 rings (SSSR count). The van der Waals surface area contributed by atoms with Crippen molar-refractivity contribution in [2.75, 3.05) is 0 Å². The number of nitrogens with one attached hydrogen (secondary N) is 1. The summed E-state index contributed by atoms with van der Waals surface area (Å²) < 4.78 is 38.1. The Labute approximate surface area is 64.6 Å². The molecular formula is C5H2F3N3O. The number of aromatic amines is 1. The molecule has 4 nitrogen and oxygen atoms in total. The number of rotatable bonds is 1. The third-order valence-corrected chi connectivity index (χ3v) is 0.942. The molecule has 0 aromatic carbocycles. The summed E-state index contributed by atoms with van der Waals surface area (Å²) in [5, 5.41) is 13.5. The van der Waals surface area contributed by atoms with Crippen LogP contribution in [0, 0.1) is 11.3 Å². The fourth-order valence-corrected chi connectivity index (χ4v) is 0.557. The number of alkyl halides is 3. The van der Waals surface area contributed by atoms with E-state index < -0.39 is 12.1 Å². The Bertz CT molecular complexity index is 310. The minimum atomic E-state index is -4.80. The molecule has 0 aliphatic carbocycles. The zero-order chi connectivity index (χ0) is 9.19. The maximum absolute atomic E-state index is 11.6. The van der Waals surface area contributed by atoms with Crippen molar-refractivity contribution in [3.8, 4) is 11.8 Å². The molecule has 0 bridgehead atoms. The van der Waals surface area contributed by atoms with Gasteiger partial charge in [-0.2, -0.15) is 10.4 Å². The lowest BCUT2D eigenvalue weighted by Gasteiger charge is -2.05. The van der Waals surface area contributed by atoms with Crippen LogP contribution in [0.15, 0.2) is 6.20 Å². The van der Waals surface area contributed by atoms with Crippen molar-refractivity contribution >= 4 is 0 Å². The molecule has 0 radical (unpaired) electrons. The van der Waals surface area contributed by atoms with Gasteiger partial charge in [0.15, 0.2) is 11.4 Å². The summed E-state index contributed by atoms with van der Waals surface area (Å²) in [5.74, 6) is -0.620. The molecule has 1 aromatic heterocycles. The highest BCUT2D eigenvalue weighted by atomic mass is 19.4. The fraction of sp³-hybridized carbons (Fsp3) is 0.200. The first kappa shape index (κ1) is 8.39. The molecule has 1 heterocycles. The van der Waals surface area contributed by atoms with Crippen molar-refractivity contribution in [1.82, 2.24) is 10.2 Å². The summed E-state index contributed by atoms with van der Waals surface area (Å²) in [6.45, 7) is 0. The summed E-state index contributed by atoms with van der Waals surface area (Å²) in [6.07, 6.45) is -4.01. The highest BCUT2D eigenvalue weighted by molar-refractivity contribution is 5.34. The fourth-order valence-electron chi connectivity index (χ4n) is 0.557. The van der Waals surface area contributed by atoms with E-state index in [1.54, 1.807) is 0 Å². The van der Waals surface area contributed by atoms with E-state index in [0.717, 1.165) is 6.20 Å². The molecule has 0 fully saturated rings. The van der Waals surface area contributed by atoms with Crippen LogP contribution in [-0.2, 0) is 0 Å². The average Bonchev–Trinajstić information content (AvgIpc) is 2.31. The van der Waals surface area contributed by atoms with Crippen molar-refractivity contribution in [2.24, 2.45) is 0 Å². The highest BCUT2D eigenvalue weighted by Gasteiger charge is 2.32. The Balaban J connectivity index is 2.84. The first-order chi connectivity index (χ1) is 5.53. The third-order valence-electron chi connectivity index (χ3n) is 0.942. The minimum Gasteiger partial charge on any atom is -0.401 e. The van der Waals surface area contributed by atoms with Crippen LogP contribution in [0.4, 0.5) is 13.2 Å². The summed E-state index contributed by atoms with van der Waals surface area (Å²) in [4.78, 5) is 0. The first-order valence-electron chi connectivity index (χ1n) is 2.72. The van der Waals surface area contributed by atoms with Gasteiger partial charge in [0.1, 0.15) is 6.07 Å². The van der Waals surface area contributed by atoms with Gasteiger partial charge in [-0.05, 0) is 0 Å². The van der Waals surface area contributed by atoms with Crippen LogP contribution in [0.5, 0.6) is 5.75 Å². The van der Waals surface area contributed by atoms with Crippen LogP contribution in [-0.4, -0.2) is 16.6 Å². The number of hydrogen-bond donors (Lipinski definition) is 1. The largest absolute Gasteiger partial charge is 0.573 e. The maximum atomic E-state index is 11.6. The molecule has 0 aliphatic heterocycles. The Kier molecular flexibility index (Phi) is 1.91. The first-order valence-corrected chi connectivity index (χ1v) is 2.72. The Morgan fingerprint density at radius 1 is 1.58 bits per heavy atom. The molecule has 0 spiro atoms. The summed E-state index contributed by atoms with van der Waals surface area (Å²) in [5.41, 5.74) is -0.354. The summed E-state index contributed by atoms with van der Waals surface area (Å²) >= 11 is 0. The number of ether oxygens (including phenoxy) is 1. The molecule has 12 heavy (non-hydrogen) atoms. The van der Waals surface area contributed by atoms with Gasteiger partial charge in [-0.15, -0.1) is 13.2 Å². The van der Waals surface area contributed by atoms with E-state index >= 15 is 0 Å². The van der Waals surface area contributed by atoms with Crippen molar-refractivity contribution < 1.29 is 17.9 Å². The lowest BCUT2D eigenvalue weighted by atomic mass is 10.4. The van der Waals surface area contributed by atoms with Gasteiger partial charge in [0.05, 0.1) is 6.20 Å². The number of aromatic nitrogens is 2. The highest BCUT2D eigenvalue weighted by Crippen LogP contribution is 2.23. The van der Waals surface area contributed by atoms with Crippen LogP contribution in [0.25, 0.3) is 0 Å². The summed E-state index contributed by atoms with van der Waals surface area (Å²) in [7, 11) is 0. The normalized spacial score (nSPS) is 10.8. The molecule has 0 saturated heterocycles. The van der Waals surface area contributed by atoms with Crippen molar-refractivity contribution in [2.45, 2.75) is 6.36 Å². The minimum absolute atomic E-state index is 0.354. The Morgan fingerprint density at radius 3 is 2.75 bits per heavy atom. The van der Waals surface area contributed by atoms with Crippen molar-refractivity contribution in [3.05, 3.63) is 11.9 Å². The molecular weight excluding hydrogens is 175 g/mol. The molecule has 0 unspecified atom stereocenters. The van der Waals surface area contributed by atoms with Gasteiger partial charge in [0, 0.05) is 0 Å². The molecule has 0 amide bonds. The molecule has 64 valence electrons. The SMILES string of the molecule is N#Cc1[nH]ncc1OC(F)(F)F. The van der Waals surface area contributed by atoms with Crippen LogP contribution in [0.2, 0.25) is 0 Å².